The average Bonchev–Trinajstić information content (AvgIpc) is 2.00. The first-order valence-electron chi connectivity index (χ1n) is 4.11. The number of carbonyl (C=O) groups excluding carboxylic acids is 1. The molecule has 0 saturated heterocycles. The van der Waals surface area contributed by atoms with Gasteiger partial charge in [-0.15, -0.1) is 0 Å². The van der Waals surface area contributed by atoms with Crippen LogP contribution in [0.4, 0.5) is 0 Å². The van der Waals surface area contributed by atoms with Gasteiger partial charge in [-0.1, -0.05) is 12.2 Å². The first-order chi connectivity index (χ1) is 5.57. The van der Waals surface area contributed by atoms with Crippen molar-refractivity contribution in [2.45, 2.75) is 26.9 Å². The molecule has 0 aromatic carbocycles. The predicted molar refractivity (Wildman–Crippen MR) is 46.6 cm³/mol. The van der Waals surface area contributed by atoms with Crippen LogP contribution in [0.15, 0.2) is 12.2 Å². The van der Waals surface area contributed by atoms with E-state index in [9.17, 15) is 4.79 Å². The molecule has 0 unspecified atom stereocenters. The number of aliphatic hydroxyl groups is 1. The number of carbonyl (C=O) groups is 1. The predicted octanol–water partition coefficient (Wildman–Crippen LogP) is 1.12. The summed E-state index contributed by atoms with van der Waals surface area (Å²) < 4.78 is 4.76. The highest BCUT2D eigenvalue weighted by Gasteiger charge is 2.09. The molecule has 0 fully saturated rings. The molecule has 0 spiro atoms. The second-order valence-corrected chi connectivity index (χ2v) is 2.67. The highest BCUT2D eigenvalue weighted by atomic mass is 16.5. The Hall–Kier alpha value is -0.830. The summed E-state index contributed by atoms with van der Waals surface area (Å²) in [4.78, 5) is 11.0. The third kappa shape index (κ3) is 4.91. The zero-order valence-electron chi connectivity index (χ0n) is 7.78. The maximum absolute atomic E-state index is 11.0. The molecule has 2 atom stereocenters. The van der Waals surface area contributed by atoms with Gasteiger partial charge >= 0.3 is 5.97 Å². The zero-order valence-corrected chi connectivity index (χ0v) is 7.78. The zero-order chi connectivity index (χ0) is 9.56. The molecule has 3 nitrogen and oxygen atoms in total. The van der Waals surface area contributed by atoms with Gasteiger partial charge in [-0.05, 0) is 20.8 Å². The van der Waals surface area contributed by atoms with E-state index in [1.807, 2.05) is 0 Å². The van der Waals surface area contributed by atoms with Gasteiger partial charge in [-0.3, -0.25) is 4.79 Å². The minimum absolute atomic E-state index is 0.255. The SMILES string of the molecule is CCOC(=O)[C@@H](C)C=C[C@@H](C)O. The summed E-state index contributed by atoms with van der Waals surface area (Å²) >= 11 is 0. The van der Waals surface area contributed by atoms with Crippen molar-refractivity contribution in [2.24, 2.45) is 5.92 Å². The molecule has 0 saturated carbocycles. The summed E-state index contributed by atoms with van der Waals surface area (Å²) in [5, 5.41) is 8.87. The molecular weight excluding hydrogens is 156 g/mol. The molecule has 0 aliphatic rings. The molecule has 0 heterocycles. The molecule has 0 rings (SSSR count). The molecule has 0 bridgehead atoms. The van der Waals surface area contributed by atoms with Crippen molar-refractivity contribution >= 4 is 5.97 Å². The molecule has 3 heteroatoms. The van der Waals surface area contributed by atoms with E-state index in [1.54, 1.807) is 32.9 Å². The van der Waals surface area contributed by atoms with Gasteiger partial charge in [0.15, 0.2) is 0 Å². The van der Waals surface area contributed by atoms with Crippen molar-refractivity contribution in [3.8, 4) is 0 Å². The molecule has 0 aliphatic heterocycles. The van der Waals surface area contributed by atoms with E-state index in [-0.39, 0.29) is 11.9 Å². The van der Waals surface area contributed by atoms with Crippen molar-refractivity contribution in [3.05, 3.63) is 12.2 Å². The minimum Gasteiger partial charge on any atom is -0.466 e. The van der Waals surface area contributed by atoms with Gasteiger partial charge in [-0.25, -0.2) is 0 Å². The molecule has 0 radical (unpaired) electrons. The normalized spacial score (nSPS) is 16.0. The van der Waals surface area contributed by atoms with Crippen LogP contribution in [0.2, 0.25) is 0 Å². The summed E-state index contributed by atoms with van der Waals surface area (Å²) in [7, 11) is 0. The van der Waals surface area contributed by atoms with Crippen molar-refractivity contribution < 1.29 is 14.6 Å². The highest BCUT2D eigenvalue weighted by molar-refractivity contribution is 5.73. The largest absolute Gasteiger partial charge is 0.466 e. The van der Waals surface area contributed by atoms with Gasteiger partial charge in [0.25, 0.3) is 0 Å². The summed E-state index contributed by atoms with van der Waals surface area (Å²) in [5.41, 5.74) is 0. The Morgan fingerprint density at radius 1 is 1.50 bits per heavy atom. The van der Waals surface area contributed by atoms with E-state index in [0.717, 1.165) is 0 Å². The lowest BCUT2D eigenvalue weighted by atomic mass is 10.1. The molecular formula is C9H16O3. The van der Waals surface area contributed by atoms with Crippen molar-refractivity contribution in [1.29, 1.82) is 0 Å². The van der Waals surface area contributed by atoms with Crippen molar-refractivity contribution in [1.82, 2.24) is 0 Å². The van der Waals surface area contributed by atoms with Gasteiger partial charge in [0, 0.05) is 0 Å². The number of hydrogen-bond donors (Lipinski definition) is 1. The summed E-state index contributed by atoms with van der Waals surface area (Å²) in [6, 6.07) is 0. The third-order valence-corrected chi connectivity index (χ3v) is 1.34. The van der Waals surface area contributed by atoms with Crippen LogP contribution in [0.5, 0.6) is 0 Å². The lowest BCUT2D eigenvalue weighted by molar-refractivity contribution is -0.145. The van der Waals surface area contributed by atoms with Crippen LogP contribution < -0.4 is 0 Å². The highest BCUT2D eigenvalue weighted by Crippen LogP contribution is 2.01. The molecule has 0 aliphatic carbocycles. The van der Waals surface area contributed by atoms with Gasteiger partial charge in [0.05, 0.1) is 18.6 Å². The van der Waals surface area contributed by atoms with Gasteiger partial charge in [0.1, 0.15) is 0 Å². The van der Waals surface area contributed by atoms with E-state index < -0.39 is 6.10 Å². The molecule has 12 heavy (non-hydrogen) atoms. The Kier molecular flexibility index (Phi) is 5.37. The van der Waals surface area contributed by atoms with Gasteiger partial charge in [-0.2, -0.15) is 0 Å². The van der Waals surface area contributed by atoms with Crippen LogP contribution in [0.1, 0.15) is 20.8 Å². The van der Waals surface area contributed by atoms with E-state index in [4.69, 9.17) is 9.84 Å². The first kappa shape index (κ1) is 11.2. The standard InChI is InChI=1S/C9H16O3/c1-4-12-9(11)7(2)5-6-8(3)10/h5-8,10H,4H2,1-3H3/t7-,8+/m0/s1. The smallest absolute Gasteiger partial charge is 0.312 e. The fourth-order valence-electron chi connectivity index (χ4n) is 0.680. The van der Waals surface area contributed by atoms with Crippen LogP contribution in [-0.2, 0) is 9.53 Å². The van der Waals surface area contributed by atoms with Crippen LogP contribution >= 0.6 is 0 Å². The quantitative estimate of drug-likeness (QED) is 0.510. The molecule has 0 aromatic rings. The van der Waals surface area contributed by atoms with E-state index in [0.29, 0.717) is 6.61 Å². The molecule has 0 aromatic heterocycles. The third-order valence-electron chi connectivity index (χ3n) is 1.34. The Balaban J connectivity index is 3.86. The molecule has 0 amide bonds. The monoisotopic (exact) mass is 172 g/mol. The van der Waals surface area contributed by atoms with E-state index >= 15 is 0 Å². The molecule has 1 N–H and O–H groups in total. The summed E-state index contributed by atoms with van der Waals surface area (Å²) in [6.45, 7) is 5.53. The van der Waals surface area contributed by atoms with Crippen molar-refractivity contribution in [2.75, 3.05) is 6.61 Å². The number of rotatable bonds is 4. The minimum atomic E-state index is -0.512. The summed E-state index contributed by atoms with van der Waals surface area (Å²) in [5.74, 6) is -0.533. The van der Waals surface area contributed by atoms with Crippen molar-refractivity contribution in [3.63, 3.8) is 0 Å². The topological polar surface area (TPSA) is 46.5 Å². The van der Waals surface area contributed by atoms with Crippen LogP contribution in [-0.4, -0.2) is 23.8 Å². The maximum atomic E-state index is 11.0. The van der Waals surface area contributed by atoms with Crippen LogP contribution in [0.25, 0.3) is 0 Å². The Morgan fingerprint density at radius 2 is 2.08 bits per heavy atom. The fourth-order valence-corrected chi connectivity index (χ4v) is 0.680. The number of ether oxygens (including phenoxy) is 1. The second kappa shape index (κ2) is 5.77. The van der Waals surface area contributed by atoms with Gasteiger partial charge < -0.3 is 9.84 Å². The van der Waals surface area contributed by atoms with Crippen LogP contribution in [0, 0.1) is 5.92 Å². The number of aliphatic hydroxyl groups excluding tert-OH is 1. The number of hydrogen-bond acceptors (Lipinski definition) is 3. The van der Waals surface area contributed by atoms with Gasteiger partial charge in [0.2, 0.25) is 0 Å². The molecule has 70 valence electrons. The van der Waals surface area contributed by atoms with E-state index in [2.05, 4.69) is 0 Å². The number of esters is 1. The maximum Gasteiger partial charge on any atom is 0.312 e. The lowest BCUT2D eigenvalue weighted by Gasteiger charge is -2.05. The second-order valence-electron chi connectivity index (χ2n) is 2.67. The van der Waals surface area contributed by atoms with E-state index in [1.165, 1.54) is 0 Å². The summed E-state index contributed by atoms with van der Waals surface area (Å²) in [6.07, 6.45) is 2.70. The Labute approximate surface area is 73.0 Å². The Morgan fingerprint density at radius 3 is 2.50 bits per heavy atom. The lowest BCUT2D eigenvalue weighted by Crippen LogP contribution is -2.12. The first-order valence-corrected chi connectivity index (χ1v) is 4.11. The average molecular weight is 172 g/mol. The Bertz CT molecular complexity index is 161. The van der Waals surface area contributed by atoms with Crippen LogP contribution in [0.3, 0.4) is 0 Å². The fraction of sp³-hybridized carbons (Fsp3) is 0.667.